The minimum absolute atomic E-state index is 0.0991. The van der Waals surface area contributed by atoms with Crippen LogP contribution < -0.4 is 0 Å². The Labute approximate surface area is 138 Å². The van der Waals surface area contributed by atoms with Crippen LogP contribution in [-0.4, -0.2) is 53.1 Å². The minimum Gasteiger partial charge on any atom is -0.392 e. The minimum atomic E-state index is -4.42. The molecule has 0 unspecified atom stereocenters. The van der Waals surface area contributed by atoms with Crippen LogP contribution in [0.15, 0.2) is 24.3 Å². The highest BCUT2D eigenvalue weighted by Crippen LogP contribution is 2.40. The summed E-state index contributed by atoms with van der Waals surface area (Å²) in [4.78, 5) is 15.3. The average Bonchev–Trinajstić information content (AvgIpc) is 3.10. The normalized spacial score (nSPS) is 25.7. The van der Waals surface area contributed by atoms with Crippen molar-refractivity contribution >= 4 is 5.91 Å². The summed E-state index contributed by atoms with van der Waals surface area (Å²) in [5.41, 5.74) is -0.444. The molecule has 1 N–H and O–H groups in total. The molecule has 24 heavy (non-hydrogen) atoms. The maximum atomic E-state index is 13.3. The molecule has 1 aromatic rings. The van der Waals surface area contributed by atoms with Crippen LogP contribution in [0.4, 0.5) is 13.2 Å². The summed E-state index contributed by atoms with van der Waals surface area (Å²) in [6, 6.07) is 5.07. The maximum absolute atomic E-state index is 13.3. The number of carbonyl (C=O) groups is 1. The van der Waals surface area contributed by atoms with E-state index < -0.39 is 23.9 Å². The summed E-state index contributed by atoms with van der Waals surface area (Å²) < 4.78 is 39.8. The van der Waals surface area contributed by atoms with Crippen molar-refractivity contribution in [1.29, 1.82) is 0 Å². The summed E-state index contributed by atoms with van der Waals surface area (Å²) in [5, 5.41) is 9.97. The number of nitrogens with zero attached hydrogens (tertiary/aromatic N) is 2. The van der Waals surface area contributed by atoms with E-state index in [0.717, 1.165) is 12.5 Å². The van der Waals surface area contributed by atoms with E-state index in [-0.39, 0.29) is 17.9 Å². The standard InChI is InChI=1S/C17H21F3N2O2/c18-17(19,20)14-5-2-1-4-13(14)15-10-12(23)11-22(15)9-8-21-7-3-6-16(21)24/h1-2,4-5,12,15,23H,3,6-11H2/t12-,15-/m1/s1. The third-order valence-corrected chi connectivity index (χ3v) is 4.84. The molecule has 2 saturated heterocycles. The van der Waals surface area contributed by atoms with Crippen LogP contribution in [0.3, 0.4) is 0 Å². The summed E-state index contributed by atoms with van der Waals surface area (Å²) in [6.07, 6.45) is -3.41. The van der Waals surface area contributed by atoms with Crippen LogP contribution >= 0.6 is 0 Å². The van der Waals surface area contributed by atoms with Crippen LogP contribution in [0.25, 0.3) is 0 Å². The second-order valence-electron chi connectivity index (χ2n) is 6.47. The van der Waals surface area contributed by atoms with Gasteiger partial charge in [-0.1, -0.05) is 18.2 Å². The lowest BCUT2D eigenvalue weighted by molar-refractivity contribution is -0.138. The van der Waals surface area contributed by atoms with Crippen LogP contribution in [0.5, 0.6) is 0 Å². The van der Waals surface area contributed by atoms with Gasteiger partial charge < -0.3 is 10.0 Å². The van der Waals surface area contributed by atoms with Crippen molar-refractivity contribution in [1.82, 2.24) is 9.80 Å². The van der Waals surface area contributed by atoms with Gasteiger partial charge in [0, 0.05) is 38.6 Å². The molecule has 0 radical (unpaired) electrons. The molecule has 0 aromatic heterocycles. The molecule has 3 rings (SSSR count). The van der Waals surface area contributed by atoms with Gasteiger partial charge in [0.1, 0.15) is 0 Å². The van der Waals surface area contributed by atoms with E-state index in [1.165, 1.54) is 12.1 Å². The van der Waals surface area contributed by atoms with Gasteiger partial charge in [-0.3, -0.25) is 9.69 Å². The van der Waals surface area contributed by atoms with Crippen molar-refractivity contribution < 1.29 is 23.1 Å². The molecule has 7 heteroatoms. The third kappa shape index (κ3) is 3.57. The fourth-order valence-corrected chi connectivity index (χ4v) is 3.69. The quantitative estimate of drug-likeness (QED) is 0.914. The highest BCUT2D eigenvalue weighted by atomic mass is 19.4. The number of amides is 1. The molecule has 1 aromatic carbocycles. The summed E-state index contributed by atoms with van der Waals surface area (Å²) in [5.74, 6) is 0.0991. The first-order valence-corrected chi connectivity index (χ1v) is 8.22. The van der Waals surface area contributed by atoms with Gasteiger partial charge in [-0.15, -0.1) is 0 Å². The Kier molecular flexibility index (Phi) is 4.83. The van der Waals surface area contributed by atoms with E-state index in [1.54, 1.807) is 11.0 Å². The maximum Gasteiger partial charge on any atom is 0.416 e. The summed E-state index contributed by atoms with van der Waals surface area (Å²) in [7, 11) is 0. The molecule has 2 atom stereocenters. The van der Waals surface area contributed by atoms with Crippen LogP contribution in [0.1, 0.15) is 36.4 Å². The molecular weight excluding hydrogens is 321 g/mol. The van der Waals surface area contributed by atoms with E-state index in [0.29, 0.717) is 32.6 Å². The Hall–Kier alpha value is -1.60. The molecule has 0 aliphatic carbocycles. The third-order valence-electron chi connectivity index (χ3n) is 4.84. The lowest BCUT2D eigenvalue weighted by Gasteiger charge is -2.28. The average molecular weight is 342 g/mol. The number of aliphatic hydroxyl groups is 1. The van der Waals surface area contributed by atoms with Crippen molar-refractivity contribution in [3.63, 3.8) is 0 Å². The van der Waals surface area contributed by atoms with Gasteiger partial charge in [-0.25, -0.2) is 0 Å². The molecule has 132 valence electrons. The number of likely N-dealkylation sites (tertiary alicyclic amines) is 2. The summed E-state index contributed by atoms with van der Waals surface area (Å²) in [6.45, 7) is 2.01. The van der Waals surface area contributed by atoms with Crippen LogP contribution in [0.2, 0.25) is 0 Å². The van der Waals surface area contributed by atoms with Crippen molar-refractivity contribution in [2.75, 3.05) is 26.2 Å². The highest BCUT2D eigenvalue weighted by Gasteiger charge is 2.39. The van der Waals surface area contributed by atoms with Crippen LogP contribution in [0, 0.1) is 0 Å². The second kappa shape index (κ2) is 6.72. The van der Waals surface area contributed by atoms with E-state index in [2.05, 4.69) is 0 Å². The number of alkyl halides is 3. The lowest BCUT2D eigenvalue weighted by atomic mass is 9.97. The lowest BCUT2D eigenvalue weighted by Crippen LogP contribution is -2.36. The molecule has 2 aliphatic rings. The number of hydrogen-bond donors (Lipinski definition) is 1. The fourth-order valence-electron chi connectivity index (χ4n) is 3.69. The molecule has 4 nitrogen and oxygen atoms in total. The zero-order chi connectivity index (χ0) is 17.3. The fraction of sp³-hybridized carbons (Fsp3) is 0.588. The Morgan fingerprint density at radius 1 is 1.21 bits per heavy atom. The van der Waals surface area contributed by atoms with Crippen molar-refractivity contribution in [3.8, 4) is 0 Å². The van der Waals surface area contributed by atoms with Crippen molar-refractivity contribution in [2.24, 2.45) is 0 Å². The Bertz CT molecular complexity index is 606. The number of β-amino-alcohol motifs (C(OH)–C–C–N with tert-alkyl or cyclic N) is 1. The van der Waals surface area contributed by atoms with Gasteiger partial charge in [-0.05, 0) is 24.5 Å². The number of benzene rings is 1. The number of hydrogen-bond acceptors (Lipinski definition) is 3. The Morgan fingerprint density at radius 3 is 2.62 bits per heavy atom. The van der Waals surface area contributed by atoms with Gasteiger partial charge in [0.25, 0.3) is 0 Å². The molecule has 2 fully saturated rings. The molecule has 0 bridgehead atoms. The Morgan fingerprint density at radius 2 is 1.96 bits per heavy atom. The van der Waals surface area contributed by atoms with Crippen molar-refractivity contribution in [3.05, 3.63) is 35.4 Å². The molecular formula is C17H21F3N2O2. The summed E-state index contributed by atoms with van der Waals surface area (Å²) >= 11 is 0. The van der Waals surface area contributed by atoms with Crippen molar-refractivity contribution in [2.45, 2.75) is 37.6 Å². The van der Waals surface area contributed by atoms with E-state index in [9.17, 15) is 23.1 Å². The molecule has 0 spiro atoms. The van der Waals surface area contributed by atoms with Gasteiger partial charge in [0.05, 0.1) is 11.7 Å². The number of aliphatic hydroxyl groups excluding tert-OH is 1. The monoisotopic (exact) mass is 342 g/mol. The first-order chi connectivity index (χ1) is 11.4. The predicted octanol–water partition coefficient (Wildman–Crippen LogP) is 2.44. The van der Waals surface area contributed by atoms with Gasteiger partial charge in [-0.2, -0.15) is 13.2 Å². The van der Waals surface area contributed by atoms with Gasteiger partial charge in [0.15, 0.2) is 0 Å². The zero-order valence-corrected chi connectivity index (χ0v) is 13.3. The van der Waals surface area contributed by atoms with Crippen LogP contribution in [-0.2, 0) is 11.0 Å². The number of rotatable bonds is 4. The van der Waals surface area contributed by atoms with E-state index >= 15 is 0 Å². The van der Waals surface area contributed by atoms with E-state index in [4.69, 9.17) is 0 Å². The Balaban J connectivity index is 1.77. The predicted molar refractivity (Wildman–Crippen MR) is 82.2 cm³/mol. The molecule has 2 aliphatic heterocycles. The first kappa shape index (κ1) is 17.2. The topological polar surface area (TPSA) is 43.8 Å². The first-order valence-electron chi connectivity index (χ1n) is 8.22. The van der Waals surface area contributed by atoms with Gasteiger partial charge in [0.2, 0.25) is 5.91 Å². The molecule has 2 heterocycles. The second-order valence-corrected chi connectivity index (χ2v) is 6.47. The van der Waals surface area contributed by atoms with E-state index in [1.807, 2.05) is 4.90 Å². The smallest absolute Gasteiger partial charge is 0.392 e. The van der Waals surface area contributed by atoms with Gasteiger partial charge >= 0.3 is 6.18 Å². The zero-order valence-electron chi connectivity index (χ0n) is 13.3. The molecule has 0 saturated carbocycles. The highest BCUT2D eigenvalue weighted by molar-refractivity contribution is 5.78. The largest absolute Gasteiger partial charge is 0.416 e. The molecule has 1 amide bonds. The SMILES string of the molecule is O=C1CCCN1CCN1C[C@H](O)C[C@@H]1c1ccccc1C(F)(F)F. The number of halogens is 3. The number of carbonyl (C=O) groups excluding carboxylic acids is 1.